The van der Waals surface area contributed by atoms with Gasteiger partial charge in [0.1, 0.15) is 0 Å². The van der Waals surface area contributed by atoms with Crippen molar-refractivity contribution in [3.8, 4) is 0 Å². The SMILES string of the molecule is CCn1c2ccccc2c2c3c(ccc21)N(S(=O)(=O)c1ccc(C)cc1)CC=CC3. The second-order valence-corrected chi connectivity index (χ2v) is 9.61. The Morgan fingerprint density at radius 2 is 1.67 bits per heavy atom. The average molecular weight is 417 g/mol. The highest BCUT2D eigenvalue weighted by Crippen LogP contribution is 2.39. The zero-order valence-electron chi connectivity index (χ0n) is 17.2. The summed E-state index contributed by atoms with van der Waals surface area (Å²) in [7, 11) is -3.66. The van der Waals surface area contributed by atoms with Gasteiger partial charge >= 0.3 is 0 Å². The first-order valence-corrected chi connectivity index (χ1v) is 11.7. The van der Waals surface area contributed by atoms with Gasteiger partial charge in [-0.25, -0.2) is 8.42 Å². The molecule has 0 spiro atoms. The molecule has 3 aromatic carbocycles. The molecule has 4 aromatic rings. The Labute approximate surface area is 177 Å². The van der Waals surface area contributed by atoms with E-state index in [1.54, 1.807) is 16.4 Å². The lowest BCUT2D eigenvalue weighted by Gasteiger charge is -2.25. The molecule has 4 nitrogen and oxygen atoms in total. The number of hydrogen-bond donors (Lipinski definition) is 0. The molecule has 0 unspecified atom stereocenters. The Hall–Kier alpha value is -3.05. The van der Waals surface area contributed by atoms with Crippen molar-refractivity contribution in [3.05, 3.63) is 83.9 Å². The average Bonchev–Trinajstić information content (AvgIpc) is 2.91. The van der Waals surface area contributed by atoms with Gasteiger partial charge in [0.2, 0.25) is 0 Å². The largest absolute Gasteiger partial charge is 0.341 e. The molecule has 0 amide bonds. The summed E-state index contributed by atoms with van der Waals surface area (Å²) in [6.45, 7) is 5.30. The quantitative estimate of drug-likeness (QED) is 0.418. The molecule has 1 aliphatic rings. The van der Waals surface area contributed by atoms with Gasteiger partial charge < -0.3 is 4.57 Å². The number of rotatable bonds is 3. The van der Waals surface area contributed by atoms with E-state index in [1.165, 1.54) is 10.9 Å². The molecule has 0 aliphatic carbocycles. The highest BCUT2D eigenvalue weighted by Gasteiger charge is 2.28. The van der Waals surface area contributed by atoms with Gasteiger partial charge in [-0.05, 0) is 56.2 Å². The fraction of sp³-hybridized carbons (Fsp3) is 0.200. The molecule has 0 atom stereocenters. The highest BCUT2D eigenvalue weighted by atomic mass is 32.2. The summed E-state index contributed by atoms with van der Waals surface area (Å²) < 4.78 is 31.0. The molecule has 0 fully saturated rings. The number of hydrogen-bond acceptors (Lipinski definition) is 2. The molecule has 0 radical (unpaired) electrons. The van der Waals surface area contributed by atoms with E-state index in [1.807, 2.05) is 31.2 Å². The van der Waals surface area contributed by atoms with E-state index in [4.69, 9.17) is 0 Å². The number of nitrogens with zero attached hydrogens (tertiary/aromatic N) is 2. The lowest BCUT2D eigenvalue weighted by molar-refractivity contribution is 0.593. The summed E-state index contributed by atoms with van der Waals surface area (Å²) in [5.41, 5.74) is 5.22. The van der Waals surface area contributed by atoms with Crippen molar-refractivity contribution in [2.24, 2.45) is 0 Å². The Bertz CT molecular complexity index is 1400. The topological polar surface area (TPSA) is 42.3 Å². The predicted octanol–water partition coefficient (Wildman–Crippen LogP) is 5.43. The van der Waals surface area contributed by atoms with Crippen molar-refractivity contribution < 1.29 is 8.42 Å². The third-order valence-electron chi connectivity index (χ3n) is 5.97. The van der Waals surface area contributed by atoms with Crippen molar-refractivity contribution in [2.75, 3.05) is 10.8 Å². The van der Waals surface area contributed by atoms with Crippen LogP contribution in [0, 0.1) is 6.92 Å². The number of aryl methyl sites for hydroxylation is 2. The predicted molar refractivity (Wildman–Crippen MR) is 124 cm³/mol. The standard InChI is InChI=1S/C25H24N2O2S/c1-3-26-22-10-5-4-8-20(22)25-21-9-6-7-17-27(23(21)15-16-24(25)26)30(28,29)19-13-11-18(2)12-14-19/h4-8,10-16H,3,9,17H2,1-2H3. The molecule has 1 aromatic heterocycles. The monoisotopic (exact) mass is 416 g/mol. The lowest BCUT2D eigenvalue weighted by Crippen LogP contribution is -2.31. The summed E-state index contributed by atoms with van der Waals surface area (Å²) in [5.74, 6) is 0. The molecule has 2 heterocycles. The molecule has 5 heteroatoms. The van der Waals surface area contributed by atoms with Gasteiger partial charge in [0.15, 0.2) is 0 Å². The van der Waals surface area contributed by atoms with Crippen LogP contribution in [0.15, 0.2) is 77.7 Å². The fourth-order valence-electron chi connectivity index (χ4n) is 4.52. The van der Waals surface area contributed by atoms with E-state index < -0.39 is 10.0 Å². The number of sulfonamides is 1. The third kappa shape index (κ3) is 2.76. The first-order valence-electron chi connectivity index (χ1n) is 10.3. The van der Waals surface area contributed by atoms with Crippen LogP contribution in [0.5, 0.6) is 0 Å². The molecule has 0 bridgehead atoms. The fourth-order valence-corrected chi connectivity index (χ4v) is 5.96. The van der Waals surface area contributed by atoms with E-state index >= 15 is 0 Å². The van der Waals surface area contributed by atoms with E-state index in [-0.39, 0.29) is 0 Å². The van der Waals surface area contributed by atoms with Crippen molar-refractivity contribution >= 4 is 37.5 Å². The van der Waals surface area contributed by atoms with Crippen LogP contribution in [0.25, 0.3) is 21.8 Å². The van der Waals surface area contributed by atoms with Crippen LogP contribution in [-0.4, -0.2) is 19.5 Å². The van der Waals surface area contributed by atoms with Gasteiger partial charge in [-0.2, -0.15) is 0 Å². The molecule has 0 saturated heterocycles. The van der Waals surface area contributed by atoms with Crippen molar-refractivity contribution in [2.45, 2.75) is 31.7 Å². The Morgan fingerprint density at radius 1 is 0.900 bits per heavy atom. The minimum absolute atomic E-state index is 0.324. The molecule has 0 N–H and O–H groups in total. The van der Waals surface area contributed by atoms with Crippen LogP contribution in [0.3, 0.4) is 0 Å². The molecule has 0 saturated carbocycles. The smallest absolute Gasteiger partial charge is 0.264 e. The summed E-state index contributed by atoms with van der Waals surface area (Å²) in [4.78, 5) is 0.324. The van der Waals surface area contributed by atoms with Crippen molar-refractivity contribution in [1.82, 2.24) is 4.57 Å². The van der Waals surface area contributed by atoms with Crippen LogP contribution < -0.4 is 4.31 Å². The first kappa shape index (κ1) is 18.9. The van der Waals surface area contributed by atoms with Gasteiger partial charge in [-0.1, -0.05) is 48.0 Å². The number of para-hydroxylation sites is 1. The van der Waals surface area contributed by atoms with E-state index in [0.29, 0.717) is 17.9 Å². The number of anilines is 1. The Balaban J connectivity index is 1.79. The molecule has 152 valence electrons. The molecular formula is C25H24N2O2S. The van der Waals surface area contributed by atoms with Crippen LogP contribution in [0.2, 0.25) is 0 Å². The second kappa shape index (κ2) is 7.03. The van der Waals surface area contributed by atoms with Gasteiger partial charge in [-0.3, -0.25) is 4.31 Å². The second-order valence-electron chi connectivity index (χ2n) is 7.74. The van der Waals surface area contributed by atoms with Crippen LogP contribution in [0.4, 0.5) is 5.69 Å². The van der Waals surface area contributed by atoms with Gasteiger partial charge in [0.05, 0.1) is 17.1 Å². The normalized spacial score (nSPS) is 14.3. The number of fused-ring (bicyclic) bond motifs is 5. The first-order chi connectivity index (χ1) is 14.5. The molecule has 30 heavy (non-hydrogen) atoms. The number of benzene rings is 3. The summed E-state index contributed by atoms with van der Waals surface area (Å²) in [6.07, 6.45) is 4.75. The number of aromatic nitrogens is 1. The summed E-state index contributed by atoms with van der Waals surface area (Å²) >= 11 is 0. The van der Waals surface area contributed by atoms with Gasteiger partial charge in [0, 0.05) is 28.4 Å². The number of allylic oxidation sites excluding steroid dienone is 1. The van der Waals surface area contributed by atoms with Crippen molar-refractivity contribution in [3.63, 3.8) is 0 Å². The van der Waals surface area contributed by atoms with Crippen molar-refractivity contribution in [1.29, 1.82) is 0 Å². The van der Waals surface area contributed by atoms with Gasteiger partial charge in [0.25, 0.3) is 10.0 Å². The van der Waals surface area contributed by atoms with E-state index in [0.717, 1.165) is 34.3 Å². The highest BCUT2D eigenvalue weighted by molar-refractivity contribution is 7.92. The maximum absolute atomic E-state index is 13.6. The van der Waals surface area contributed by atoms with Gasteiger partial charge in [-0.15, -0.1) is 0 Å². The zero-order valence-corrected chi connectivity index (χ0v) is 18.0. The molecule has 1 aliphatic heterocycles. The zero-order chi connectivity index (χ0) is 20.9. The minimum Gasteiger partial charge on any atom is -0.341 e. The lowest BCUT2D eigenvalue weighted by atomic mass is 10.0. The minimum atomic E-state index is -3.66. The molecule has 5 rings (SSSR count). The van der Waals surface area contributed by atoms with E-state index in [2.05, 4.69) is 47.9 Å². The summed E-state index contributed by atoms with van der Waals surface area (Å²) in [5, 5.41) is 2.33. The Morgan fingerprint density at radius 3 is 2.43 bits per heavy atom. The Kier molecular flexibility index (Phi) is 4.44. The van der Waals surface area contributed by atoms with Crippen LogP contribution >= 0.6 is 0 Å². The van der Waals surface area contributed by atoms with E-state index in [9.17, 15) is 8.42 Å². The third-order valence-corrected chi connectivity index (χ3v) is 7.77. The summed E-state index contributed by atoms with van der Waals surface area (Å²) in [6, 6.07) is 19.5. The maximum atomic E-state index is 13.6. The van der Waals surface area contributed by atoms with Crippen LogP contribution in [-0.2, 0) is 23.0 Å². The maximum Gasteiger partial charge on any atom is 0.264 e. The molecular weight excluding hydrogens is 392 g/mol. The van der Waals surface area contributed by atoms with Crippen LogP contribution in [0.1, 0.15) is 18.1 Å².